The monoisotopic (exact) mass is 288 g/mol. The quantitative estimate of drug-likeness (QED) is 0.759. The molecule has 0 bridgehead atoms. The zero-order valence-corrected chi connectivity index (χ0v) is 12.8. The number of fused-ring (bicyclic) bond motifs is 1. The molecular formula is C17H24N2O2. The molecule has 0 saturated carbocycles. The van der Waals surface area contributed by atoms with Crippen LogP contribution >= 0.6 is 0 Å². The number of nitrogens with one attached hydrogen (secondary N) is 1. The Kier molecular flexibility index (Phi) is 5.96. The molecule has 0 radical (unpaired) electrons. The van der Waals surface area contributed by atoms with Crippen LogP contribution in [0.15, 0.2) is 41.3 Å². The van der Waals surface area contributed by atoms with Crippen LogP contribution in [0, 0.1) is 0 Å². The van der Waals surface area contributed by atoms with Crippen LogP contribution in [-0.4, -0.2) is 30.4 Å². The Morgan fingerprint density at radius 3 is 2.81 bits per heavy atom. The number of ether oxygens (including phenoxy) is 1. The van der Waals surface area contributed by atoms with Gasteiger partial charge in [-0.1, -0.05) is 12.1 Å². The van der Waals surface area contributed by atoms with Crippen molar-refractivity contribution in [3.63, 3.8) is 0 Å². The lowest BCUT2D eigenvalue weighted by molar-refractivity contribution is 0.0771. The Balaban J connectivity index is 1.82. The molecule has 4 nitrogen and oxygen atoms in total. The normalized spacial score (nSPS) is 11.4. The van der Waals surface area contributed by atoms with Crippen LogP contribution in [0.1, 0.15) is 20.3 Å². The standard InChI is InChI=1S/C17H24N2O2/c1-14(2)21-13-5-9-18-10-12-19-11-8-17(20)15-6-3-4-7-16(15)19/h3-4,6-8,11,14,18H,5,9-10,12-13H2,1-2H3. The summed E-state index contributed by atoms with van der Waals surface area (Å²) >= 11 is 0. The molecule has 2 aromatic rings. The smallest absolute Gasteiger partial charge is 0.189 e. The second-order valence-electron chi connectivity index (χ2n) is 5.41. The van der Waals surface area contributed by atoms with E-state index in [0.29, 0.717) is 6.10 Å². The van der Waals surface area contributed by atoms with Crippen molar-refractivity contribution in [1.82, 2.24) is 9.88 Å². The first kappa shape index (κ1) is 15.7. The molecule has 114 valence electrons. The van der Waals surface area contributed by atoms with Gasteiger partial charge in [0.1, 0.15) is 0 Å². The number of pyridine rings is 1. The second kappa shape index (κ2) is 7.96. The first-order valence-electron chi connectivity index (χ1n) is 7.59. The molecule has 0 spiro atoms. The molecular weight excluding hydrogens is 264 g/mol. The van der Waals surface area contributed by atoms with Gasteiger partial charge in [-0.2, -0.15) is 0 Å². The summed E-state index contributed by atoms with van der Waals surface area (Å²) in [6.07, 6.45) is 3.19. The summed E-state index contributed by atoms with van der Waals surface area (Å²) in [7, 11) is 0. The van der Waals surface area contributed by atoms with Gasteiger partial charge in [0.25, 0.3) is 0 Å². The fourth-order valence-corrected chi connectivity index (χ4v) is 2.30. The van der Waals surface area contributed by atoms with Gasteiger partial charge in [-0.15, -0.1) is 0 Å². The Morgan fingerprint density at radius 2 is 2.00 bits per heavy atom. The predicted molar refractivity (Wildman–Crippen MR) is 86.8 cm³/mol. The highest BCUT2D eigenvalue weighted by molar-refractivity contribution is 5.78. The molecule has 2 rings (SSSR count). The molecule has 21 heavy (non-hydrogen) atoms. The van der Waals surface area contributed by atoms with Crippen molar-refractivity contribution in [1.29, 1.82) is 0 Å². The summed E-state index contributed by atoms with van der Waals surface area (Å²) < 4.78 is 7.62. The first-order chi connectivity index (χ1) is 10.2. The van der Waals surface area contributed by atoms with E-state index < -0.39 is 0 Å². The summed E-state index contributed by atoms with van der Waals surface area (Å²) in [6, 6.07) is 9.38. The van der Waals surface area contributed by atoms with Crippen molar-refractivity contribution in [3.8, 4) is 0 Å². The fourth-order valence-electron chi connectivity index (χ4n) is 2.30. The summed E-state index contributed by atoms with van der Waals surface area (Å²) in [5, 5.41) is 4.19. The molecule has 1 N–H and O–H groups in total. The molecule has 4 heteroatoms. The molecule has 0 unspecified atom stereocenters. The van der Waals surface area contributed by atoms with Gasteiger partial charge in [0, 0.05) is 37.3 Å². The van der Waals surface area contributed by atoms with Crippen molar-refractivity contribution in [3.05, 3.63) is 46.8 Å². The van der Waals surface area contributed by atoms with E-state index in [-0.39, 0.29) is 5.43 Å². The van der Waals surface area contributed by atoms with E-state index in [1.807, 2.05) is 30.5 Å². The van der Waals surface area contributed by atoms with E-state index in [9.17, 15) is 4.79 Å². The van der Waals surface area contributed by atoms with Gasteiger partial charge >= 0.3 is 0 Å². The van der Waals surface area contributed by atoms with Crippen molar-refractivity contribution < 1.29 is 4.74 Å². The average molecular weight is 288 g/mol. The van der Waals surface area contributed by atoms with E-state index in [4.69, 9.17) is 4.74 Å². The van der Waals surface area contributed by atoms with Crippen LogP contribution in [0.3, 0.4) is 0 Å². The third kappa shape index (κ3) is 4.69. The fraction of sp³-hybridized carbons (Fsp3) is 0.471. The molecule has 0 aliphatic carbocycles. The van der Waals surface area contributed by atoms with Crippen molar-refractivity contribution in [2.75, 3.05) is 19.7 Å². The number of benzene rings is 1. The maximum atomic E-state index is 11.8. The van der Waals surface area contributed by atoms with Gasteiger partial charge in [-0.3, -0.25) is 4.79 Å². The molecule has 1 aromatic carbocycles. The highest BCUT2D eigenvalue weighted by atomic mass is 16.5. The maximum Gasteiger partial charge on any atom is 0.189 e. The van der Waals surface area contributed by atoms with Crippen molar-refractivity contribution in [2.45, 2.75) is 32.9 Å². The number of para-hydroxylation sites is 1. The zero-order chi connectivity index (χ0) is 15.1. The highest BCUT2D eigenvalue weighted by Gasteiger charge is 2.01. The Morgan fingerprint density at radius 1 is 1.19 bits per heavy atom. The van der Waals surface area contributed by atoms with Crippen LogP contribution in [0.25, 0.3) is 10.9 Å². The van der Waals surface area contributed by atoms with Gasteiger partial charge in [0.15, 0.2) is 5.43 Å². The minimum absolute atomic E-state index is 0.0839. The largest absolute Gasteiger partial charge is 0.379 e. The molecule has 0 aliphatic heterocycles. The van der Waals surface area contributed by atoms with Crippen molar-refractivity contribution in [2.24, 2.45) is 0 Å². The Labute approximate surface area is 125 Å². The molecule has 0 aliphatic rings. The van der Waals surface area contributed by atoms with Crippen LogP contribution in [0.4, 0.5) is 0 Å². The number of aromatic nitrogens is 1. The van der Waals surface area contributed by atoms with E-state index >= 15 is 0 Å². The second-order valence-corrected chi connectivity index (χ2v) is 5.41. The van der Waals surface area contributed by atoms with E-state index in [2.05, 4.69) is 23.7 Å². The van der Waals surface area contributed by atoms with Crippen LogP contribution in [-0.2, 0) is 11.3 Å². The lowest BCUT2D eigenvalue weighted by Crippen LogP contribution is -2.23. The summed E-state index contributed by atoms with van der Waals surface area (Å²) in [6.45, 7) is 7.58. The summed E-state index contributed by atoms with van der Waals surface area (Å²) in [5.74, 6) is 0. The molecule has 1 aromatic heterocycles. The summed E-state index contributed by atoms with van der Waals surface area (Å²) in [5.41, 5.74) is 1.08. The van der Waals surface area contributed by atoms with E-state index in [0.717, 1.165) is 43.6 Å². The third-order valence-corrected chi connectivity index (χ3v) is 3.36. The van der Waals surface area contributed by atoms with Crippen LogP contribution in [0.5, 0.6) is 0 Å². The summed E-state index contributed by atoms with van der Waals surface area (Å²) in [4.78, 5) is 11.8. The topological polar surface area (TPSA) is 43.3 Å². The van der Waals surface area contributed by atoms with Gasteiger partial charge in [-0.25, -0.2) is 0 Å². The van der Waals surface area contributed by atoms with Gasteiger partial charge in [0.05, 0.1) is 11.6 Å². The number of hydrogen-bond donors (Lipinski definition) is 1. The number of nitrogens with zero attached hydrogens (tertiary/aromatic N) is 1. The molecule has 0 fully saturated rings. The zero-order valence-electron chi connectivity index (χ0n) is 12.8. The highest BCUT2D eigenvalue weighted by Crippen LogP contribution is 2.08. The van der Waals surface area contributed by atoms with E-state index in [1.165, 1.54) is 0 Å². The average Bonchev–Trinajstić information content (AvgIpc) is 2.48. The Bertz CT molecular complexity index is 619. The van der Waals surface area contributed by atoms with Gasteiger partial charge < -0.3 is 14.6 Å². The van der Waals surface area contributed by atoms with Gasteiger partial charge in [0.2, 0.25) is 0 Å². The van der Waals surface area contributed by atoms with Crippen molar-refractivity contribution >= 4 is 10.9 Å². The molecule has 0 amide bonds. The van der Waals surface area contributed by atoms with Crippen LogP contribution in [0.2, 0.25) is 0 Å². The minimum atomic E-state index is 0.0839. The lowest BCUT2D eigenvalue weighted by Gasteiger charge is -2.12. The number of rotatable bonds is 8. The number of hydrogen-bond acceptors (Lipinski definition) is 3. The van der Waals surface area contributed by atoms with E-state index in [1.54, 1.807) is 6.07 Å². The SMILES string of the molecule is CC(C)OCCCNCCn1ccc(=O)c2ccccc21. The van der Waals surface area contributed by atoms with Crippen LogP contribution < -0.4 is 10.7 Å². The Hall–Kier alpha value is -1.65. The third-order valence-electron chi connectivity index (χ3n) is 3.36. The first-order valence-corrected chi connectivity index (χ1v) is 7.59. The lowest BCUT2D eigenvalue weighted by atomic mass is 10.2. The maximum absolute atomic E-state index is 11.8. The molecule has 1 heterocycles. The minimum Gasteiger partial charge on any atom is -0.379 e. The predicted octanol–water partition coefficient (Wildman–Crippen LogP) is 2.41. The molecule has 0 saturated heterocycles. The van der Waals surface area contributed by atoms with Gasteiger partial charge in [-0.05, 0) is 38.9 Å². The molecule has 0 atom stereocenters.